The van der Waals surface area contributed by atoms with Gasteiger partial charge in [0, 0.05) is 20.3 Å². The number of nitrogens with one attached hydrogen (secondary N) is 2. The molecule has 0 aliphatic rings. The molecule has 0 atom stereocenters. The molecule has 0 fully saturated rings. The summed E-state index contributed by atoms with van der Waals surface area (Å²) in [5, 5.41) is 3.27. The Morgan fingerprint density at radius 3 is 3.00 bits per heavy atom. The molecule has 0 aliphatic carbocycles. The molecule has 1 aromatic carbocycles. The van der Waals surface area contributed by atoms with E-state index in [0.717, 1.165) is 43.0 Å². The van der Waals surface area contributed by atoms with Crippen molar-refractivity contribution in [2.45, 2.75) is 12.8 Å². The predicted molar refractivity (Wildman–Crippen MR) is 65.7 cm³/mol. The van der Waals surface area contributed by atoms with Crippen LogP contribution in [0.15, 0.2) is 24.3 Å². The third-order valence-corrected chi connectivity index (χ3v) is 2.46. The number of benzene rings is 1. The first-order valence-electron chi connectivity index (χ1n) is 5.58. The minimum absolute atomic E-state index is 0.821. The lowest BCUT2D eigenvalue weighted by Crippen LogP contribution is -2.04. The summed E-state index contributed by atoms with van der Waals surface area (Å²) in [6, 6.07) is 8.02. The van der Waals surface area contributed by atoms with Crippen molar-refractivity contribution < 1.29 is 4.74 Å². The van der Waals surface area contributed by atoms with E-state index in [1.807, 2.05) is 24.3 Å². The van der Waals surface area contributed by atoms with Crippen LogP contribution < -0.4 is 5.32 Å². The zero-order valence-electron chi connectivity index (χ0n) is 9.49. The topological polar surface area (TPSA) is 49.9 Å². The van der Waals surface area contributed by atoms with Crippen molar-refractivity contribution in [1.82, 2.24) is 9.97 Å². The van der Waals surface area contributed by atoms with E-state index >= 15 is 0 Å². The molecule has 86 valence electrons. The molecule has 0 saturated heterocycles. The highest BCUT2D eigenvalue weighted by Crippen LogP contribution is 2.12. The summed E-state index contributed by atoms with van der Waals surface area (Å²) < 4.78 is 4.99. The molecule has 2 aromatic rings. The Kier molecular flexibility index (Phi) is 3.77. The summed E-state index contributed by atoms with van der Waals surface area (Å²) in [4.78, 5) is 7.67. The van der Waals surface area contributed by atoms with Crippen LogP contribution in [0.2, 0.25) is 0 Å². The number of anilines is 1. The fourth-order valence-corrected chi connectivity index (χ4v) is 1.61. The molecule has 16 heavy (non-hydrogen) atoms. The fraction of sp³-hybridized carbons (Fsp3) is 0.417. The highest BCUT2D eigenvalue weighted by Gasteiger charge is 1.99. The van der Waals surface area contributed by atoms with Crippen molar-refractivity contribution in [2.75, 3.05) is 25.6 Å². The average molecular weight is 219 g/mol. The van der Waals surface area contributed by atoms with Crippen molar-refractivity contribution in [3.8, 4) is 0 Å². The van der Waals surface area contributed by atoms with E-state index in [-0.39, 0.29) is 0 Å². The number of para-hydroxylation sites is 2. The van der Waals surface area contributed by atoms with Gasteiger partial charge in [0.25, 0.3) is 0 Å². The minimum Gasteiger partial charge on any atom is -0.385 e. The second-order valence-corrected chi connectivity index (χ2v) is 3.73. The number of hydrogen-bond acceptors (Lipinski definition) is 3. The summed E-state index contributed by atoms with van der Waals surface area (Å²) in [6.45, 7) is 1.74. The molecule has 0 bridgehead atoms. The largest absolute Gasteiger partial charge is 0.385 e. The van der Waals surface area contributed by atoms with Gasteiger partial charge >= 0.3 is 0 Å². The Labute approximate surface area is 95.0 Å². The van der Waals surface area contributed by atoms with Gasteiger partial charge < -0.3 is 15.0 Å². The lowest BCUT2D eigenvalue weighted by molar-refractivity contribution is 0.193. The maximum atomic E-state index is 4.99. The van der Waals surface area contributed by atoms with Crippen molar-refractivity contribution >= 4 is 17.0 Å². The van der Waals surface area contributed by atoms with Crippen molar-refractivity contribution in [3.63, 3.8) is 0 Å². The Morgan fingerprint density at radius 1 is 1.31 bits per heavy atom. The molecule has 1 aromatic heterocycles. The normalized spacial score (nSPS) is 10.8. The van der Waals surface area contributed by atoms with Crippen LogP contribution in [0.25, 0.3) is 11.0 Å². The van der Waals surface area contributed by atoms with Gasteiger partial charge in [-0.3, -0.25) is 0 Å². The number of aromatic amines is 1. The van der Waals surface area contributed by atoms with Crippen LogP contribution in [-0.4, -0.2) is 30.2 Å². The molecular formula is C12H17N3O. The van der Waals surface area contributed by atoms with Gasteiger partial charge in [0.15, 0.2) is 0 Å². The van der Waals surface area contributed by atoms with E-state index in [4.69, 9.17) is 4.74 Å². The molecule has 0 radical (unpaired) electrons. The zero-order valence-corrected chi connectivity index (χ0v) is 9.49. The van der Waals surface area contributed by atoms with Gasteiger partial charge in [-0.25, -0.2) is 4.98 Å². The van der Waals surface area contributed by atoms with Gasteiger partial charge in [-0.15, -0.1) is 0 Å². The molecule has 0 amide bonds. The van der Waals surface area contributed by atoms with Crippen LogP contribution in [-0.2, 0) is 4.74 Å². The molecule has 1 heterocycles. The Hall–Kier alpha value is -1.55. The third-order valence-electron chi connectivity index (χ3n) is 2.46. The van der Waals surface area contributed by atoms with Crippen molar-refractivity contribution in [2.24, 2.45) is 0 Å². The van der Waals surface area contributed by atoms with Gasteiger partial charge in [-0.2, -0.15) is 0 Å². The first-order valence-corrected chi connectivity index (χ1v) is 5.58. The second-order valence-electron chi connectivity index (χ2n) is 3.73. The Morgan fingerprint density at radius 2 is 2.19 bits per heavy atom. The maximum Gasteiger partial charge on any atom is 0.201 e. The van der Waals surface area contributed by atoms with E-state index in [0.29, 0.717) is 0 Å². The molecule has 0 aliphatic heterocycles. The van der Waals surface area contributed by atoms with Crippen molar-refractivity contribution in [3.05, 3.63) is 24.3 Å². The number of H-pyrrole nitrogens is 1. The highest BCUT2D eigenvalue weighted by molar-refractivity contribution is 5.77. The quantitative estimate of drug-likeness (QED) is 0.733. The summed E-state index contributed by atoms with van der Waals surface area (Å²) in [5.41, 5.74) is 2.07. The van der Waals surface area contributed by atoms with Crippen LogP contribution in [0.5, 0.6) is 0 Å². The number of aromatic nitrogens is 2. The van der Waals surface area contributed by atoms with Gasteiger partial charge in [0.05, 0.1) is 11.0 Å². The molecule has 0 spiro atoms. The van der Waals surface area contributed by atoms with Crippen molar-refractivity contribution in [1.29, 1.82) is 0 Å². The summed E-state index contributed by atoms with van der Waals surface area (Å²) in [5.74, 6) is 0.846. The molecular weight excluding hydrogens is 202 g/mol. The molecule has 0 saturated carbocycles. The monoisotopic (exact) mass is 219 g/mol. The number of fused-ring (bicyclic) bond motifs is 1. The van der Waals surface area contributed by atoms with Gasteiger partial charge in [-0.1, -0.05) is 12.1 Å². The minimum atomic E-state index is 0.821. The number of nitrogens with zero attached hydrogens (tertiary/aromatic N) is 1. The number of ether oxygens (including phenoxy) is 1. The van der Waals surface area contributed by atoms with Crippen LogP contribution in [0, 0.1) is 0 Å². The van der Waals surface area contributed by atoms with Crippen LogP contribution in [0.1, 0.15) is 12.8 Å². The van der Waals surface area contributed by atoms with Gasteiger partial charge in [0.2, 0.25) is 5.95 Å². The number of imidazole rings is 1. The number of rotatable bonds is 6. The smallest absolute Gasteiger partial charge is 0.201 e. The Bertz CT molecular complexity index is 406. The number of hydrogen-bond donors (Lipinski definition) is 2. The SMILES string of the molecule is COCCCCNc1nc2ccccc2[nH]1. The molecule has 2 rings (SSSR count). The van der Waals surface area contributed by atoms with Gasteiger partial charge in [-0.05, 0) is 25.0 Å². The van der Waals surface area contributed by atoms with E-state index in [1.54, 1.807) is 7.11 Å². The first-order chi connectivity index (χ1) is 7.90. The molecule has 2 N–H and O–H groups in total. The van der Waals surface area contributed by atoms with Crippen LogP contribution in [0.3, 0.4) is 0 Å². The van der Waals surface area contributed by atoms with E-state index in [9.17, 15) is 0 Å². The molecule has 4 nitrogen and oxygen atoms in total. The maximum absolute atomic E-state index is 4.99. The molecule has 4 heteroatoms. The Balaban J connectivity index is 1.85. The van der Waals surface area contributed by atoms with E-state index in [1.165, 1.54) is 0 Å². The highest BCUT2D eigenvalue weighted by atomic mass is 16.5. The summed E-state index contributed by atoms with van der Waals surface area (Å²) in [6.07, 6.45) is 2.16. The zero-order chi connectivity index (χ0) is 11.2. The predicted octanol–water partition coefficient (Wildman–Crippen LogP) is 2.40. The fourth-order valence-electron chi connectivity index (χ4n) is 1.61. The number of methoxy groups -OCH3 is 1. The van der Waals surface area contributed by atoms with E-state index in [2.05, 4.69) is 15.3 Å². The first kappa shape index (κ1) is 11.0. The lowest BCUT2D eigenvalue weighted by atomic mass is 10.3. The lowest BCUT2D eigenvalue weighted by Gasteiger charge is -2.01. The molecule has 0 unspecified atom stereocenters. The summed E-state index contributed by atoms with van der Waals surface area (Å²) >= 11 is 0. The standard InChI is InChI=1S/C12H17N3O/c1-16-9-5-4-8-13-12-14-10-6-2-3-7-11(10)15-12/h2-3,6-7H,4-5,8-9H2,1H3,(H2,13,14,15). The van der Waals surface area contributed by atoms with Crippen LogP contribution >= 0.6 is 0 Å². The average Bonchev–Trinajstić information content (AvgIpc) is 2.71. The van der Waals surface area contributed by atoms with Crippen LogP contribution in [0.4, 0.5) is 5.95 Å². The van der Waals surface area contributed by atoms with Gasteiger partial charge in [0.1, 0.15) is 0 Å². The third kappa shape index (κ3) is 2.73. The number of unbranched alkanes of at least 4 members (excludes halogenated alkanes) is 1. The van der Waals surface area contributed by atoms with E-state index < -0.39 is 0 Å². The second kappa shape index (κ2) is 5.51. The summed E-state index contributed by atoms with van der Waals surface area (Å²) in [7, 11) is 1.73.